The molecule has 0 saturated heterocycles. The van der Waals surface area contributed by atoms with Gasteiger partial charge in [-0.05, 0) is 55.5 Å². The summed E-state index contributed by atoms with van der Waals surface area (Å²) in [6, 6.07) is 19.1. The molecule has 0 saturated carbocycles. The molecular weight excluding hydrogens is 432 g/mol. The van der Waals surface area contributed by atoms with Gasteiger partial charge in [-0.15, -0.1) is 0 Å². The number of esters is 1. The number of carbonyl (C=O) groups is 4. The third-order valence-corrected chi connectivity index (χ3v) is 4.67. The van der Waals surface area contributed by atoms with Crippen molar-refractivity contribution in [2.45, 2.75) is 6.92 Å². The molecular formula is C24H19ClN2O5. The van der Waals surface area contributed by atoms with E-state index in [-0.39, 0.29) is 17.0 Å². The second-order valence-corrected chi connectivity index (χ2v) is 7.17. The molecule has 0 fully saturated rings. The zero-order valence-corrected chi connectivity index (χ0v) is 17.8. The van der Waals surface area contributed by atoms with Gasteiger partial charge in [0.25, 0.3) is 11.8 Å². The first kappa shape index (κ1) is 22.7. The van der Waals surface area contributed by atoms with E-state index >= 15 is 0 Å². The smallest absolute Gasteiger partial charge is 0.340 e. The van der Waals surface area contributed by atoms with Gasteiger partial charge in [-0.25, -0.2) is 4.79 Å². The number of carbonyl (C=O) groups excluding carboxylic acids is 4. The normalized spacial score (nSPS) is 10.2. The largest absolute Gasteiger partial charge is 0.452 e. The number of anilines is 2. The predicted octanol–water partition coefficient (Wildman–Crippen LogP) is 4.59. The first-order valence-electron chi connectivity index (χ1n) is 9.58. The molecule has 2 amide bonds. The Morgan fingerprint density at radius 2 is 1.34 bits per heavy atom. The molecule has 3 aromatic carbocycles. The van der Waals surface area contributed by atoms with Crippen molar-refractivity contribution in [2.24, 2.45) is 0 Å². The Kier molecular flexibility index (Phi) is 7.36. The molecule has 0 aromatic heterocycles. The van der Waals surface area contributed by atoms with Crippen LogP contribution in [0, 0.1) is 0 Å². The summed E-state index contributed by atoms with van der Waals surface area (Å²) in [7, 11) is 0. The zero-order chi connectivity index (χ0) is 23.1. The average molecular weight is 451 g/mol. The maximum atomic E-state index is 12.5. The lowest BCUT2D eigenvalue weighted by Gasteiger charge is -2.12. The number of rotatable bonds is 7. The minimum atomic E-state index is -0.785. The topological polar surface area (TPSA) is 102 Å². The lowest BCUT2D eigenvalue weighted by Crippen LogP contribution is -2.22. The molecule has 7 nitrogen and oxygen atoms in total. The minimum Gasteiger partial charge on any atom is -0.452 e. The van der Waals surface area contributed by atoms with E-state index in [1.165, 1.54) is 13.0 Å². The second kappa shape index (κ2) is 10.4. The zero-order valence-electron chi connectivity index (χ0n) is 17.1. The summed E-state index contributed by atoms with van der Waals surface area (Å²) in [4.78, 5) is 48.9. The molecule has 2 N–H and O–H groups in total. The Morgan fingerprint density at radius 1 is 0.781 bits per heavy atom. The van der Waals surface area contributed by atoms with Crippen LogP contribution in [0.3, 0.4) is 0 Å². The number of halogens is 1. The highest BCUT2D eigenvalue weighted by Gasteiger charge is 2.17. The lowest BCUT2D eigenvalue weighted by molar-refractivity contribution is -0.119. The first-order valence-corrected chi connectivity index (χ1v) is 9.96. The molecule has 0 aliphatic heterocycles. The van der Waals surface area contributed by atoms with Crippen molar-refractivity contribution in [3.05, 3.63) is 94.5 Å². The first-order chi connectivity index (χ1) is 15.3. The number of para-hydroxylation sites is 2. The molecule has 32 heavy (non-hydrogen) atoms. The van der Waals surface area contributed by atoms with E-state index < -0.39 is 24.4 Å². The molecule has 0 heterocycles. The van der Waals surface area contributed by atoms with E-state index in [0.717, 1.165) is 0 Å². The highest BCUT2D eigenvalue weighted by Crippen LogP contribution is 2.19. The molecule has 0 atom stereocenters. The van der Waals surface area contributed by atoms with Crippen molar-refractivity contribution in [3.63, 3.8) is 0 Å². The van der Waals surface area contributed by atoms with Gasteiger partial charge in [0, 0.05) is 16.1 Å². The third-order valence-electron chi connectivity index (χ3n) is 4.42. The Labute approximate surface area is 189 Å². The Bertz CT molecular complexity index is 1180. The highest BCUT2D eigenvalue weighted by molar-refractivity contribution is 6.30. The van der Waals surface area contributed by atoms with E-state index in [1.54, 1.807) is 66.7 Å². The van der Waals surface area contributed by atoms with Crippen LogP contribution < -0.4 is 10.6 Å². The molecule has 0 radical (unpaired) electrons. The van der Waals surface area contributed by atoms with Gasteiger partial charge >= 0.3 is 5.97 Å². The van der Waals surface area contributed by atoms with Gasteiger partial charge in [0.1, 0.15) is 0 Å². The molecule has 0 aliphatic carbocycles. The minimum absolute atomic E-state index is 0.0896. The quantitative estimate of drug-likeness (QED) is 0.405. The Hall–Kier alpha value is -3.97. The number of benzene rings is 3. The van der Waals surface area contributed by atoms with Crippen LogP contribution in [0.15, 0.2) is 72.8 Å². The molecule has 0 spiro atoms. The van der Waals surface area contributed by atoms with Crippen molar-refractivity contribution in [1.29, 1.82) is 0 Å². The number of amides is 2. The lowest BCUT2D eigenvalue weighted by atomic mass is 10.1. The van der Waals surface area contributed by atoms with Crippen LogP contribution in [0.4, 0.5) is 11.4 Å². The van der Waals surface area contributed by atoms with Crippen LogP contribution in [0.5, 0.6) is 0 Å². The van der Waals surface area contributed by atoms with Crippen molar-refractivity contribution in [2.75, 3.05) is 17.2 Å². The number of nitrogens with one attached hydrogen (secondary N) is 2. The van der Waals surface area contributed by atoms with Gasteiger partial charge < -0.3 is 15.4 Å². The summed E-state index contributed by atoms with van der Waals surface area (Å²) in [5, 5.41) is 5.70. The van der Waals surface area contributed by atoms with Crippen molar-refractivity contribution in [1.82, 2.24) is 0 Å². The molecule has 0 bridgehead atoms. The van der Waals surface area contributed by atoms with Crippen LogP contribution in [-0.2, 0) is 9.53 Å². The van der Waals surface area contributed by atoms with Crippen LogP contribution in [0.1, 0.15) is 38.0 Å². The molecule has 0 unspecified atom stereocenters. The summed E-state index contributed by atoms with van der Waals surface area (Å²) >= 11 is 5.84. The summed E-state index contributed by atoms with van der Waals surface area (Å²) < 4.78 is 5.10. The van der Waals surface area contributed by atoms with Crippen molar-refractivity contribution >= 4 is 46.5 Å². The van der Waals surface area contributed by atoms with Crippen molar-refractivity contribution < 1.29 is 23.9 Å². The van der Waals surface area contributed by atoms with Crippen LogP contribution in [0.2, 0.25) is 5.02 Å². The molecule has 3 rings (SSSR count). The Morgan fingerprint density at radius 3 is 1.97 bits per heavy atom. The van der Waals surface area contributed by atoms with Gasteiger partial charge in [-0.2, -0.15) is 0 Å². The fourth-order valence-corrected chi connectivity index (χ4v) is 2.99. The van der Waals surface area contributed by atoms with Crippen LogP contribution >= 0.6 is 11.6 Å². The van der Waals surface area contributed by atoms with E-state index in [1.807, 2.05) is 0 Å². The second-order valence-electron chi connectivity index (χ2n) is 6.73. The van der Waals surface area contributed by atoms with Gasteiger partial charge in [0.2, 0.25) is 0 Å². The van der Waals surface area contributed by atoms with E-state index in [2.05, 4.69) is 10.6 Å². The van der Waals surface area contributed by atoms with E-state index in [9.17, 15) is 19.2 Å². The van der Waals surface area contributed by atoms with Gasteiger partial charge in [-0.3, -0.25) is 14.4 Å². The SMILES string of the molecule is CC(=O)c1ccccc1NC(=O)COC(=O)c1ccccc1NC(=O)c1ccc(Cl)cc1. The summed E-state index contributed by atoms with van der Waals surface area (Å²) in [6.07, 6.45) is 0. The highest BCUT2D eigenvalue weighted by atomic mass is 35.5. The van der Waals surface area contributed by atoms with Crippen molar-refractivity contribution in [3.8, 4) is 0 Å². The number of ether oxygens (including phenoxy) is 1. The van der Waals surface area contributed by atoms with Crippen LogP contribution in [-0.4, -0.2) is 30.2 Å². The number of ketones is 1. The average Bonchev–Trinajstić information content (AvgIpc) is 2.78. The van der Waals surface area contributed by atoms with E-state index in [0.29, 0.717) is 21.8 Å². The molecule has 3 aromatic rings. The molecule has 162 valence electrons. The van der Waals surface area contributed by atoms with Crippen LogP contribution in [0.25, 0.3) is 0 Å². The van der Waals surface area contributed by atoms with Gasteiger partial charge in [0.05, 0.1) is 16.9 Å². The number of Topliss-reactive ketones (excluding diaryl/α,β-unsaturated/α-hetero) is 1. The maximum Gasteiger partial charge on any atom is 0.340 e. The number of hydrogen-bond acceptors (Lipinski definition) is 5. The standard InChI is InChI=1S/C24H19ClN2O5/c1-15(28)18-6-2-4-8-20(18)26-22(29)14-32-24(31)19-7-3-5-9-21(19)27-23(30)16-10-12-17(25)13-11-16/h2-13H,14H2,1H3,(H,26,29)(H,27,30). The molecule has 8 heteroatoms. The summed E-state index contributed by atoms with van der Waals surface area (Å²) in [5.74, 6) is -2.02. The third kappa shape index (κ3) is 5.80. The number of hydrogen-bond donors (Lipinski definition) is 2. The monoisotopic (exact) mass is 450 g/mol. The van der Waals surface area contributed by atoms with Gasteiger partial charge in [0.15, 0.2) is 12.4 Å². The predicted molar refractivity (Wildman–Crippen MR) is 121 cm³/mol. The Balaban J connectivity index is 1.65. The van der Waals surface area contributed by atoms with Gasteiger partial charge in [-0.1, -0.05) is 35.9 Å². The molecule has 0 aliphatic rings. The fraction of sp³-hybridized carbons (Fsp3) is 0.0833. The summed E-state index contributed by atoms with van der Waals surface area (Å²) in [6.45, 7) is 0.824. The summed E-state index contributed by atoms with van der Waals surface area (Å²) in [5.41, 5.74) is 1.37. The fourth-order valence-electron chi connectivity index (χ4n) is 2.86. The van der Waals surface area contributed by atoms with E-state index in [4.69, 9.17) is 16.3 Å². The maximum absolute atomic E-state index is 12.5.